The molecule has 1 aromatic heterocycles. The Morgan fingerprint density at radius 2 is 1.88 bits per heavy atom. The van der Waals surface area contributed by atoms with Gasteiger partial charge in [0.1, 0.15) is 0 Å². The van der Waals surface area contributed by atoms with Crippen molar-refractivity contribution < 1.29 is 19.1 Å². The SMILES string of the molecule is Cc1noc(/C=C/c2cc([N+](=O)[O-])ccc2N2CCOCC2)c1[N+](=O)[O-]. The molecule has 136 valence electrons. The Bertz CT molecular complexity index is 870. The molecule has 2 aromatic rings. The Balaban J connectivity index is 2.00. The van der Waals surface area contributed by atoms with Crippen LogP contribution in [0.5, 0.6) is 0 Å². The van der Waals surface area contributed by atoms with Crippen molar-refractivity contribution in [2.45, 2.75) is 6.92 Å². The average Bonchev–Trinajstić information content (AvgIpc) is 3.01. The van der Waals surface area contributed by atoms with Crippen LogP contribution in [0.15, 0.2) is 22.7 Å². The maximum atomic E-state index is 11.1. The number of hydrogen-bond donors (Lipinski definition) is 0. The summed E-state index contributed by atoms with van der Waals surface area (Å²) in [5.41, 5.74) is 1.23. The fourth-order valence-corrected chi connectivity index (χ4v) is 2.76. The van der Waals surface area contributed by atoms with Crippen LogP contribution in [0.3, 0.4) is 0 Å². The molecule has 10 nitrogen and oxygen atoms in total. The van der Waals surface area contributed by atoms with Crippen LogP contribution in [0.1, 0.15) is 17.0 Å². The molecule has 1 saturated heterocycles. The molecule has 1 aliphatic rings. The minimum absolute atomic E-state index is 0.00747. The molecular formula is C16H16N4O6. The molecule has 1 aromatic carbocycles. The van der Waals surface area contributed by atoms with Gasteiger partial charge in [0, 0.05) is 36.5 Å². The zero-order chi connectivity index (χ0) is 18.7. The van der Waals surface area contributed by atoms with E-state index in [4.69, 9.17) is 9.26 Å². The van der Waals surface area contributed by atoms with Crippen molar-refractivity contribution in [1.29, 1.82) is 0 Å². The monoisotopic (exact) mass is 360 g/mol. The fraction of sp³-hybridized carbons (Fsp3) is 0.312. The molecule has 1 fully saturated rings. The Kier molecular flexibility index (Phi) is 4.94. The largest absolute Gasteiger partial charge is 0.378 e. The van der Waals surface area contributed by atoms with Crippen LogP contribution in [0.2, 0.25) is 0 Å². The predicted octanol–water partition coefficient (Wildman–Crippen LogP) is 2.81. The van der Waals surface area contributed by atoms with Crippen molar-refractivity contribution in [3.8, 4) is 0 Å². The molecule has 0 N–H and O–H groups in total. The maximum absolute atomic E-state index is 11.1. The van der Waals surface area contributed by atoms with Crippen LogP contribution in [0.25, 0.3) is 12.2 Å². The van der Waals surface area contributed by atoms with Gasteiger partial charge in [-0.15, -0.1) is 0 Å². The van der Waals surface area contributed by atoms with Crippen LogP contribution in [0, 0.1) is 27.2 Å². The second-order valence-electron chi connectivity index (χ2n) is 5.67. The molecular weight excluding hydrogens is 344 g/mol. The molecule has 1 aliphatic heterocycles. The number of non-ortho nitro benzene ring substituents is 1. The average molecular weight is 360 g/mol. The van der Waals surface area contributed by atoms with Gasteiger partial charge < -0.3 is 14.2 Å². The van der Waals surface area contributed by atoms with Crippen LogP contribution >= 0.6 is 0 Å². The Labute approximate surface area is 147 Å². The molecule has 0 aliphatic carbocycles. The van der Waals surface area contributed by atoms with E-state index in [9.17, 15) is 20.2 Å². The van der Waals surface area contributed by atoms with Crippen LogP contribution < -0.4 is 4.90 Å². The second kappa shape index (κ2) is 7.31. The summed E-state index contributed by atoms with van der Waals surface area (Å²) >= 11 is 0. The highest BCUT2D eigenvalue weighted by atomic mass is 16.6. The number of aromatic nitrogens is 1. The summed E-state index contributed by atoms with van der Waals surface area (Å²) in [5.74, 6) is -0.00747. The number of benzene rings is 1. The third-order valence-electron chi connectivity index (χ3n) is 4.03. The van der Waals surface area contributed by atoms with Crippen molar-refractivity contribution in [1.82, 2.24) is 5.16 Å². The number of morpholine rings is 1. The minimum atomic E-state index is -0.568. The Hall–Kier alpha value is -3.27. The van der Waals surface area contributed by atoms with Gasteiger partial charge in [0.2, 0.25) is 5.76 Å². The first-order valence-corrected chi connectivity index (χ1v) is 7.87. The lowest BCUT2D eigenvalue weighted by molar-refractivity contribution is -0.386. The number of ether oxygens (including phenoxy) is 1. The number of rotatable bonds is 5. The number of nitro benzene ring substituents is 1. The summed E-state index contributed by atoms with van der Waals surface area (Å²) in [7, 11) is 0. The lowest BCUT2D eigenvalue weighted by Crippen LogP contribution is -2.36. The molecule has 26 heavy (non-hydrogen) atoms. The number of nitro groups is 2. The standard InChI is InChI=1S/C16H16N4O6/c1-11-16(20(23)24)15(26-17-11)5-2-12-10-13(19(21)22)3-4-14(12)18-6-8-25-9-7-18/h2-5,10H,6-9H2,1H3/b5-2+. The van der Waals surface area contributed by atoms with Crippen molar-refractivity contribution in [3.05, 3.63) is 55.4 Å². The predicted molar refractivity (Wildman–Crippen MR) is 93.0 cm³/mol. The highest BCUT2D eigenvalue weighted by molar-refractivity contribution is 5.79. The van der Waals surface area contributed by atoms with Crippen LogP contribution in [-0.4, -0.2) is 41.3 Å². The Morgan fingerprint density at radius 3 is 2.54 bits per heavy atom. The second-order valence-corrected chi connectivity index (χ2v) is 5.67. The number of anilines is 1. The van der Waals surface area contributed by atoms with E-state index >= 15 is 0 Å². The summed E-state index contributed by atoms with van der Waals surface area (Å²) in [4.78, 5) is 23.2. The Morgan fingerprint density at radius 1 is 1.15 bits per heavy atom. The maximum Gasteiger partial charge on any atom is 0.338 e. The summed E-state index contributed by atoms with van der Waals surface area (Å²) in [5, 5.41) is 25.8. The van der Waals surface area contributed by atoms with Gasteiger partial charge in [-0.1, -0.05) is 5.16 Å². The zero-order valence-corrected chi connectivity index (χ0v) is 14.0. The van der Waals surface area contributed by atoms with Gasteiger partial charge in [-0.25, -0.2) is 0 Å². The normalized spacial score (nSPS) is 14.7. The number of hydrogen-bond acceptors (Lipinski definition) is 8. The molecule has 0 bridgehead atoms. The van der Waals surface area contributed by atoms with E-state index in [1.807, 2.05) is 4.90 Å². The highest BCUT2D eigenvalue weighted by Gasteiger charge is 2.22. The first-order valence-electron chi connectivity index (χ1n) is 7.87. The lowest BCUT2D eigenvalue weighted by Gasteiger charge is -2.30. The van der Waals surface area contributed by atoms with Crippen molar-refractivity contribution in [2.75, 3.05) is 31.2 Å². The van der Waals surface area contributed by atoms with E-state index < -0.39 is 9.85 Å². The van der Waals surface area contributed by atoms with Crippen LogP contribution in [-0.2, 0) is 4.74 Å². The van der Waals surface area contributed by atoms with E-state index in [2.05, 4.69) is 5.16 Å². The molecule has 0 atom stereocenters. The highest BCUT2D eigenvalue weighted by Crippen LogP contribution is 2.30. The van der Waals surface area contributed by atoms with Crippen LogP contribution in [0.4, 0.5) is 17.1 Å². The molecule has 0 amide bonds. The smallest absolute Gasteiger partial charge is 0.338 e. The molecule has 0 unspecified atom stereocenters. The molecule has 2 heterocycles. The minimum Gasteiger partial charge on any atom is -0.378 e. The van der Waals surface area contributed by atoms with Gasteiger partial charge in [-0.05, 0) is 25.1 Å². The van der Waals surface area contributed by atoms with Crippen molar-refractivity contribution >= 4 is 29.2 Å². The summed E-state index contributed by atoms with van der Waals surface area (Å²) in [6.45, 7) is 3.91. The van der Waals surface area contributed by atoms with E-state index in [0.717, 1.165) is 5.69 Å². The first-order chi connectivity index (χ1) is 12.5. The van der Waals surface area contributed by atoms with E-state index in [0.29, 0.717) is 31.9 Å². The third kappa shape index (κ3) is 3.54. The van der Waals surface area contributed by atoms with Gasteiger partial charge in [0.05, 0.1) is 23.1 Å². The van der Waals surface area contributed by atoms with Gasteiger partial charge in [0.25, 0.3) is 5.69 Å². The quantitative estimate of drug-likeness (QED) is 0.588. The number of aryl methyl sites for hydroxylation is 1. The number of nitrogens with zero attached hydrogens (tertiary/aromatic N) is 4. The van der Waals surface area contributed by atoms with E-state index in [-0.39, 0.29) is 22.8 Å². The van der Waals surface area contributed by atoms with Gasteiger partial charge in [0.15, 0.2) is 5.69 Å². The molecule has 0 spiro atoms. The molecule has 10 heteroatoms. The van der Waals surface area contributed by atoms with Crippen molar-refractivity contribution in [3.63, 3.8) is 0 Å². The van der Waals surface area contributed by atoms with E-state index in [1.165, 1.54) is 25.1 Å². The summed E-state index contributed by atoms with van der Waals surface area (Å²) in [6.07, 6.45) is 2.96. The molecule has 0 saturated carbocycles. The fourth-order valence-electron chi connectivity index (χ4n) is 2.76. The topological polar surface area (TPSA) is 125 Å². The van der Waals surface area contributed by atoms with Crippen molar-refractivity contribution in [2.24, 2.45) is 0 Å². The zero-order valence-electron chi connectivity index (χ0n) is 14.0. The lowest BCUT2D eigenvalue weighted by atomic mass is 10.1. The van der Waals surface area contributed by atoms with Gasteiger partial charge in [-0.2, -0.15) is 0 Å². The first kappa shape index (κ1) is 17.5. The summed E-state index contributed by atoms with van der Waals surface area (Å²) < 4.78 is 10.3. The van der Waals surface area contributed by atoms with Gasteiger partial charge >= 0.3 is 5.69 Å². The van der Waals surface area contributed by atoms with E-state index in [1.54, 1.807) is 12.1 Å². The molecule has 3 rings (SSSR count). The molecule has 0 radical (unpaired) electrons. The third-order valence-corrected chi connectivity index (χ3v) is 4.03. The van der Waals surface area contributed by atoms with Gasteiger partial charge in [-0.3, -0.25) is 20.2 Å². The summed E-state index contributed by atoms with van der Waals surface area (Å²) in [6, 6.07) is 4.53.